The molecule has 0 radical (unpaired) electrons. The SMILES string of the molecule is COc1ccc(C(=O)NC(C)c2cccs2)cn1. The van der Waals surface area contributed by atoms with Crippen molar-refractivity contribution in [3.05, 3.63) is 46.3 Å². The van der Waals surface area contributed by atoms with Crippen molar-refractivity contribution in [1.82, 2.24) is 10.3 Å². The second kappa shape index (κ2) is 5.64. The molecule has 0 aliphatic carbocycles. The molecule has 0 aromatic carbocycles. The van der Waals surface area contributed by atoms with Crippen LogP contribution in [0.25, 0.3) is 0 Å². The van der Waals surface area contributed by atoms with Crippen LogP contribution in [-0.2, 0) is 0 Å². The zero-order valence-electron chi connectivity index (χ0n) is 10.2. The van der Waals surface area contributed by atoms with Crippen LogP contribution in [0.15, 0.2) is 35.8 Å². The van der Waals surface area contributed by atoms with Crippen LogP contribution in [0.2, 0.25) is 0 Å². The molecule has 94 valence electrons. The van der Waals surface area contributed by atoms with Crippen LogP contribution in [0, 0.1) is 0 Å². The molecule has 2 rings (SSSR count). The maximum absolute atomic E-state index is 12.0. The van der Waals surface area contributed by atoms with E-state index in [1.54, 1.807) is 30.6 Å². The van der Waals surface area contributed by atoms with Crippen molar-refractivity contribution in [2.24, 2.45) is 0 Å². The van der Waals surface area contributed by atoms with Gasteiger partial charge in [0.1, 0.15) is 0 Å². The summed E-state index contributed by atoms with van der Waals surface area (Å²) in [6, 6.07) is 7.34. The first-order valence-electron chi connectivity index (χ1n) is 5.55. The highest BCUT2D eigenvalue weighted by Gasteiger charge is 2.12. The molecule has 0 aliphatic rings. The third kappa shape index (κ3) is 2.87. The predicted octanol–water partition coefficient (Wildman–Crippen LogP) is 2.64. The van der Waals surface area contributed by atoms with Gasteiger partial charge in [-0.25, -0.2) is 4.98 Å². The van der Waals surface area contributed by atoms with Crippen molar-refractivity contribution >= 4 is 17.2 Å². The Balaban J connectivity index is 2.03. The molecule has 2 heterocycles. The van der Waals surface area contributed by atoms with Gasteiger partial charge in [-0.15, -0.1) is 11.3 Å². The Morgan fingerprint density at radius 1 is 1.44 bits per heavy atom. The number of nitrogens with zero attached hydrogens (tertiary/aromatic N) is 1. The summed E-state index contributed by atoms with van der Waals surface area (Å²) < 4.78 is 4.95. The predicted molar refractivity (Wildman–Crippen MR) is 71.0 cm³/mol. The van der Waals surface area contributed by atoms with Crippen LogP contribution in [0.4, 0.5) is 0 Å². The Labute approximate surface area is 110 Å². The molecule has 1 amide bonds. The number of amides is 1. The molecule has 1 atom stereocenters. The number of methoxy groups -OCH3 is 1. The molecule has 2 aromatic heterocycles. The van der Waals surface area contributed by atoms with Crippen LogP contribution in [0.5, 0.6) is 5.88 Å². The van der Waals surface area contributed by atoms with Gasteiger partial charge in [-0.2, -0.15) is 0 Å². The largest absolute Gasteiger partial charge is 0.481 e. The number of carbonyl (C=O) groups is 1. The van der Waals surface area contributed by atoms with Gasteiger partial charge in [-0.1, -0.05) is 6.07 Å². The number of aromatic nitrogens is 1. The van der Waals surface area contributed by atoms with Crippen LogP contribution in [0.1, 0.15) is 28.2 Å². The van der Waals surface area contributed by atoms with Crippen molar-refractivity contribution in [3.63, 3.8) is 0 Å². The lowest BCUT2D eigenvalue weighted by Crippen LogP contribution is -2.26. The van der Waals surface area contributed by atoms with E-state index in [4.69, 9.17) is 4.74 Å². The number of thiophene rings is 1. The van der Waals surface area contributed by atoms with Gasteiger partial charge in [0.2, 0.25) is 5.88 Å². The van der Waals surface area contributed by atoms with E-state index >= 15 is 0 Å². The third-order valence-corrected chi connectivity index (χ3v) is 3.58. The zero-order valence-corrected chi connectivity index (χ0v) is 11.0. The van der Waals surface area contributed by atoms with E-state index < -0.39 is 0 Å². The summed E-state index contributed by atoms with van der Waals surface area (Å²) in [6.07, 6.45) is 1.51. The second-order valence-corrected chi connectivity index (χ2v) is 4.78. The fourth-order valence-corrected chi connectivity index (χ4v) is 2.26. The van der Waals surface area contributed by atoms with Gasteiger partial charge < -0.3 is 10.1 Å². The van der Waals surface area contributed by atoms with Crippen LogP contribution in [0.3, 0.4) is 0 Å². The first kappa shape index (κ1) is 12.6. The molecule has 5 heteroatoms. The summed E-state index contributed by atoms with van der Waals surface area (Å²) in [5, 5.41) is 4.92. The van der Waals surface area contributed by atoms with E-state index in [0.717, 1.165) is 4.88 Å². The van der Waals surface area contributed by atoms with E-state index in [1.165, 1.54) is 6.20 Å². The minimum atomic E-state index is -0.133. The average Bonchev–Trinajstić information content (AvgIpc) is 2.92. The standard InChI is InChI=1S/C13H14N2O2S/c1-9(11-4-3-7-18-11)15-13(16)10-5-6-12(17-2)14-8-10/h3-9H,1-2H3,(H,15,16). The molecular weight excluding hydrogens is 248 g/mol. The van der Waals surface area contributed by atoms with E-state index in [0.29, 0.717) is 11.4 Å². The zero-order chi connectivity index (χ0) is 13.0. The van der Waals surface area contributed by atoms with Crippen molar-refractivity contribution in [1.29, 1.82) is 0 Å². The lowest BCUT2D eigenvalue weighted by molar-refractivity contribution is 0.0940. The Bertz CT molecular complexity index is 508. The van der Waals surface area contributed by atoms with Gasteiger partial charge in [0, 0.05) is 17.1 Å². The number of nitrogens with one attached hydrogen (secondary N) is 1. The molecule has 0 bridgehead atoms. The summed E-state index contributed by atoms with van der Waals surface area (Å²) in [4.78, 5) is 17.1. The van der Waals surface area contributed by atoms with Crippen molar-refractivity contribution < 1.29 is 9.53 Å². The smallest absolute Gasteiger partial charge is 0.253 e. The summed E-state index contributed by atoms with van der Waals surface area (Å²) in [5.74, 6) is 0.365. The summed E-state index contributed by atoms with van der Waals surface area (Å²) in [5.41, 5.74) is 0.527. The normalized spacial score (nSPS) is 11.9. The lowest BCUT2D eigenvalue weighted by atomic mass is 10.2. The Hall–Kier alpha value is -1.88. The van der Waals surface area contributed by atoms with Gasteiger partial charge >= 0.3 is 0 Å². The van der Waals surface area contributed by atoms with Gasteiger partial charge in [-0.05, 0) is 24.4 Å². The number of carbonyl (C=O) groups excluding carboxylic acids is 1. The molecule has 0 aliphatic heterocycles. The Morgan fingerprint density at radius 2 is 2.28 bits per heavy atom. The van der Waals surface area contributed by atoms with E-state index in [2.05, 4.69) is 10.3 Å². The molecule has 0 fully saturated rings. The number of ether oxygens (including phenoxy) is 1. The number of pyridine rings is 1. The highest BCUT2D eigenvalue weighted by atomic mass is 32.1. The van der Waals surface area contributed by atoms with Crippen molar-refractivity contribution in [2.75, 3.05) is 7.11 Å². The Kier molecular flexibility index (Phi) is 3.94. The summed E-state index contributed by atoms with van der Waals surface area (Å²) in [7, 11) is 1.54. The van der Waals surface area contributed by atoms with Crippen molar-refractivity contribution in [3.8, 4) is 5.88 Å². The monoisotopic (exact) mass is 262 g/mol. The topological polar surface area (TPSA) is 51.2 Å². The van der Waals surface area contributed by atoms with Gasteiger partial charge in [0.15, 0.2) is 0 Å². The molecule has 1 N–H and O–H groups in total. The molecular formula is C13H14N2O2S. The molecule has 0 saturated heterocycles. The maximum Gasteiger partial charge on any atom is 0.253 e. The van der Waals surface area contributed by atoms with Gasteiger partial charge in [-0.3, -0.25) is 4.79 Å². The fraction of sp³-hybridized carbons (Fsp3) is 0.231. The quantitative estimate of drug-likeness (QED) is 0.921. The average molecular weight is 262 g/mol. The van der Waals surface area contributed by atoms with Crippen LogP contribution in [-0.4, -0.2) is 18.0 Å². The van der Waals surface area contributed by atoms with E-state index in [1.807, 2.05) is 24.4 Å². The molecule has 0 spiro atoms. The van der Waals surface area contributed by atoms with E-state index in [-0.39, 0.29) is 11.9 Å². The first-order chi connectivity index (χ1) is 8.70. The Morgan fingerprint density at radius 3 is 2.83 bits per heavy atom. The van der Waals surface area contributed by atoms with Gasteiger partial charge in [0.25, 0.3) is 5.91 Å². The number of hydrogen-bond acceptors (Lipinski definition) is 4. The third-order valence-electron chi connectivity index (χ3n) is 2.53. The summed E-state index contributed by atoms with van der Waals surface area (Å²) >= 11 is 1.62. The molecule has 4 nitrogen and oxygen atoms in total. The fourth-order valence-electron chi connectivity index (χ4n) is 1.52. The van der Waals surface area contributed by atoms with Crippen LogP contribution >= 0.6 is 11.3 Å². The minimum Gasteiger partial charge on any atom is -0.481 e. The highest BCUT2D eigenvalue weighted by molar-refractivity contribution is 7.10. The van der Waals surface area contributed by atoms with Gasteiger partial charge in [0.05, 0.1) is 18.7 Å². The first-order valence-corrected chi connectivity index (χ1v) is 6.43. The van der Waals surface area contributed by atoms with Crippen LogP contribution < -0.4 is 10.1 Å². The van der Waals surface area contributed by atoms with E-state index in [9.17, 15) is 4.79 Å². The maximum atomic E-state index is 12.0. The molecule has 2 aromatic rings. The minimum absolute atomic E-state index is 0.000369. The molecule has 18 heavy (non-hydrogen) atoms. The second-order valence-electron chi connectivity index (χ2n) is 3.80. The number of rotatable bonds is 4. The number of hydrogen-bond donors (Lipinski definition) is 1. The van der Waals surface area contributed by atoms with Crippen molar-refractivity contribution in [2.45, 2.75) is 13.0 Å². The highest BCUT2D eigenvalue weighted by Crippen LogP contribution is 2.18. The lowest BCUT2D eigenvalue weighted by Gasteiger charge is -2.12. The molecule has 1 unspecified atom stereocenters. The summed E-state index contributed by atoms with van der Waals surface area (Å²) in [6.45, 7) is 1.96. The molecule has 0 saturated carbocycles.